The maximum absolute atomic E-state index is 13.9. The van der Waals surface area contributed by atoms with Gasteiger partial charge < -0.3 is 13.6 Å². The predicted octanol–water partition coefficient (Wildman–Crippen LogP) is 6.27. The average molecular weight is 433 g/mol. The Hall–Kier alpha value is -4.05. The Balaban J connectivity index is 1.73. The summed E-state index contributed by atoms with van der Waals surface area (Å²) in [6, 6.07) is 22.5. The Bertz CT molecular complexity index is 1650. The van der Waals surface area contributed by atoms with E-state index in [4.69, 9.17) is 4.42 Å². The fraction of sp³-hybridized carbons (Fsp3) is 0.138. The molecule has 6 rings (SSSR count). The van der Waals surface area contributed by atoms with Crippen LogP contribution in [0.1, 0.15) is 28.2 Å². The minimum Gasteiger partial charge on any atom is -0.464 e. The summed E-state index contributed by atoms with van der Waals surface area (Å²) in [6.07, 6.45) is 5.96. The van der Waals surface area contributed by atoms with Crippen LogP contribution in [0.5, 0.6) is 0 Å². The lowest BCUT2D eigenvalue weighted by atomic mass is 9.85. The van der Waals surface area contributed by atoms with Gasteiger partial charge in [0, 0.05) is 59.8 Å². The molecule has 0 saturated heterocycles. The lowest BCUT2D eigenvalue weighted by Crippen LogP contribution is -2.15. The molecule has 0 atom stereocenters. The number of para-hydroxylation sites is 2. The smallest absolute Gasteiger partial charge is 0.196 e. The molecule has 3 heterocycles. The van der Waals surface area contributed by atoms with E-state index in [2.05, 4.69) is 72.0 Å². The molecule has 0 aliphatic carbocycles. The van der Waals surface area contributed by atoms with Crippen LogP contribution in [0, 0.1) is 6.92 Å². The van der Waals surface area contributed by atoms with E-state index in [9.17, 15) is 4.79 Å². The number of fused-ring (bicyclic) bond motifs is 3. The number of aromatic nitrogens is 2. The lowest BCUT2D eigenvalue weighted by molar-refractivity contribution is 0.591. The van der Waals surface area contributed by atoms with E-state index in [1.807, 2.05) is 37.3 Å². The number of aryl methyl sites for hydroxylation is 3. The molecule has 0 saturated carbocycles. The van der Waals surface area contributed by atoms with Crippen molar-refractivity contribution in [3.05, 3.63) is 118 Å². The SMILES string of the molecule is Cc1ccc2occ(C(c3cn(C)c4ccccc34)c3cn(C)c4ccccc34)c(=O)c2c1. The van der Waals surface area contributed by atoms with Crippen molar-refractivity contribution in [2.24, 2.45) is 14.1 Å². The highest BCUT2D eigenvalue weighted by Crippen LogP contribution is 2.40. The first-order valence-corrected chi connectivity index (χ1v) is 11.1. The van der Waals surface area contributed by atoms with E-state index in [0.29, 0.717) is 16.5 Å². The molecule has 0 N–H and O–H groups in total. The van der Waals surface area contributed by atoms with E-state index in [0.717, 1.165) is 38.5 Å². The molecule has 33 heavy (non-hydrogen) atoms. The summed E-state index contributed by atoms with van der Waals surface area (Å²) in [5.74, 6) is -0.261. The second-order valence-electron chi connectivity index (χ2n) is 8.88. The summed E-state index contributed by atoms with van der Waals surface area (Å²) in [4.78, 5) is 13.9. The second kappa shape index (κ2) is 7.24. The van der Waals surface area contributed by atoms with Crippen LogP contribution in [0.2, 0.25) is 0 Å². The molecule has 4 nitrogen and oxygen atoms in total. The van der Waals surface area contributed by atoms with Crippen molar-refractivity contribution >= 4 is 32.8 Å². The summed E-state index contributed by atoms with van der Waals surface area (Å²) in [6.45, 7) is 2.00. The largest absolute Gasteiger partial charge is 0.464 e. The number of nitrogens with zero attached hydrogens (tertiary/aromatic N) is 2. The average Bonchev–Trinajstić information content (AvgIpc) is 3.34. The van der Waals surface area contributed by atoms with Crippen LogP contribution in [0.4, 0.5) is 0 Å². The Labute approximate surface area is 191 Å². The second-order valence-corrected chi connectivity index (χ2v) is 8.88. The zero-order chi connectivity index (χ0) is 22.7. The number of benzene rings is 3. The van der Waals surface area contributed by atoms with Crippen molar-refractivity contribution in [3.8, 4) is 0 Å². The van der Waals surface area contributed by atoms with Crippen LogP contribution in [0.25, 0.3) is 32.8 Å². The lowest BCUT2D eigenvalue weighted by Gasteiger charge is -2.17. The van der Waals surface area contributed by atoms with Gasteiger partial charge in [-0.2, -0.15) is 0 Å². The third-order valence-electron chi connectivity index (χ3n) is 6.74. The van der Waals surface area contributed by atoms with Crippen LogP contribution in [-0.4, -0.2) is 9.13 Å². The van der Waals surface area contributed by atoms with Crippen molar-refractivity contribution in [1.29, 1.82) is 0 Å². The van der Waals surface area contributed by atoms with Gasteiger partial charge in [-0.05, 0) is 42.3 Å². The van der Waals surface area contributed by atoms with Crippen LogP contribution >= 0.6 is 0 Å². The van der Waals surface area contributed by atoms with Gasteiger partial charge in [0.15, 0.2) is 5.43 Å². The Kier molecular flexibility index (Phi) is 4.31. The van der Waals surface area contributed by atoms with E-state index in [-0.39, 0.29) is 11.3 Å². The summed E-state index contributed by atoms with van der Waals surface area (Å²) < 4.78 is 10.3. The molecule has 0 unspecified atom stereocenters. The number of hydrogen-bond acceptors (Lipinski definition) is 2. The number of hydrogen-bond donors (Lipinski definition) is 0. The zero-order valence-corrected chi connectivity index (χ0v) is 18.9. The van der Waals surface area contributed by atoms with Gasteiger partial charge in [-0.25, -0.2) is 0 Å². The third-order valence-corrected chi connectivity index (χ3v) is 6.74. The molecule has 0 spiro atoms. The quantitative estimate of drug-likeness (QED) is 0.331. The highest BCUT2D eigenvalue weighted by atomic mass is 16.3. The molecule has 4 heteroatoms. The summed E-state index contributed by atoms with van der Waals surface area (Å²) in [7, 11) is 4.11. The Morgan fingerprint density at radius 1 is 0.727 bits per heavy atom. The molecule has 0 fully saturated rings. The van der Waals surface area contributed by atoms with E-state index >= 15 is 0 Å². The first-order chi connectivity index (χ1) is 16.0. The summed E-state index contributed by atoms with van der Waals surface area (Å²) >= 11 is 0. The van der Waals surface area contributed by atoms with Crippen molar-refractivity contribution < 1.29 is 4.42 Å². The van der Waals surface area contributed by atoms with Crippen molar-refractivity contribution in [1.82, 2.24) is 9.13 Å². The molecule has 6 aromatic rings. The van der Waals surface area contributed by atoms with Crippen molar-refractivity contribution in [3.63, 3.8) is 0 Å². The monoisotopic (exact) mass is 432 g/mol. The topological polar surface area (TPSA) is 40.1 Å². The minimum absolute atomic E-state index is 0.0193. The fourth-order valence-corrected chi connectivity index (χ4v) is 5.17. The Morgan fingerprint density at radius 2 is 1.30 bits per heavy atom. The highest BCUT2D eigenvalue weighted by molar-refractivity contribution is 5.90. The van der Waals surface area contributed by atoms with Gasteiger partial charge in [-0.15, -0.1) is 0 Å². The van der Waals surface area contributed by atoms with Crippen LogP contribution in [0.15, 0.2) is 94.6 Å². The molecule has 3 aromatic heterocycles. The molecular formula is C29H24N2O2. The predicted molar refractivity (Wildman–Crippen MR) is 134 cm³/mol. The van der Waals surface area contributed by atoms with Crippen molar-refractivity contribution in [2.45, 2.75) is 12.8 Å². The zero-order valence-electron chi connectivity index (χ0n) is 18.9. The maximum atomic E-state index is 13.9. The van der Waals surface area contributed by atoms with E-state index in [1.165, 1.54) is 0 Å². The minimum atomic E-state index is -0.261. The van der Waals surface area contributed by atoms with Gasteiger partial charge in [0.25, 0.3) is 0 Å². The maximum Gasteiger partial charge on any atom is 0.196 e. The molecule has 162 valence electrons. The fourth-order valence-electron chi connectivity index (χ4n) is 5.17. The molecule has 3 aromatic carbocycles. The molecule has 0 aliphatic heterocycles. The van der Waals surface area contributed by atoms with Crippen LogP contribution in [0.3, 0.4) is 0 Å². The van der Waals surface area contributed by atoms with Gasteiger partial charge >= 0.3 is 0 Å². The Morgan fingerprint density at radius 3 is 1.91 bits per heavy atom. The van der Waals surface area contributed by atoms with E-state index in [1.54, 1.807) is 6.26 Å². The van der Waals surface area contributed by atoms with Gasteiger partial charge in [-0.1, -0.05) is 48.0 Å². The standard InChI is InChI=1S/C29H24N2O2/c1-18-12-13-27-21(14-18)29(32)24(17-33-27)28(22-15-30(2)25-10-6-4-8-19(22)25)23-16-31(3)26-11-7-5-9-20(23)26/h4-17,28H,1-3H3. The van der Waals surface area contributed by atoms with Crippen LogP contribution < -0.4 is 5.43 Å². The highest BCUT2D eigenvalue weighted by Gasteiger charge is 2.27. The first-order valence-electron chi connectivity index (χ1n) is 11.1. The molecular weight excluding hydrogens is 408 g/mol. The number of rotatable bonds is 3. The van der Waals surface area contributed by atoms with E-state index < -0.39 is 0 Å². The molecule has 0 radical (unpaired) electrons. The summed E-state index contributed by atoms with van der Waals surface area (Å²) in [5.41, 5.74) is 6.81. The first kappa shape index (κ1) is 19.6. The van der Waals surface area contributed by atoms with Gasteiger partial charge in [0.05, 0.1) is 11.6 Å². The molecule has 0 bridgehead atoms. The molecule has 0 amide bonds. The summed E-state index contributed by atoms with van der Waals surface area (Å²) in [5, 5.41) is 2.90. The van der Waals surface area contributed by atoms with Gasteiger partial charge in [-0.3, -0.25) is 4.79 Å². The third kappa shape index (κ3) is 2.94. The normalized spacial score (nSPS) is 11.9. The molecule has 0 aliphatic rings. The van der Waals surface area contributed by atoms with Crippen LogP contribution in [-0.2, 0) is 14.1 Å². The van der Waals surface area contributed by atoms with Gasteiger partial charge in [0.2, 0.25) is 0 Å². The van der Waals surface area contributed by atoms with Crippen molar-refractivity contribution in [2.75, 3.05) is 0 Å². The van der Waals surface area contributed by atoms with Gasteiger partial charge in [0.1, 0.15) is 5.58 Å².